The van der Waals surface area contributed by atoms with Crippen LogP contribution in [-0.2, 0) is 9.59 Å². The van der Waals surface area contributed by atoms with Crippen LogP contribution in [0.1, 0.15) is 31.2 Å². The number of rotatable bonds is 10. The van der Waals surface area contributed by atoms with Crippen molar-refractivity contribution in [2.45, 2.75) is 25.7 Å². The maximum atomic E-state index is 12.9. The maximum absolute atomic E-state index is 12.9. The highest BCUT2D eigenvalue weighted by Crippen LogP contribution is 2.33. The van der Waals surface area contributed by atoms with Gasteiger partial charge in [-0.15, -0.1) is 0 Å². The summed E-state index contributed by atoms with van der Waals surface area (Å²) in [6, 6.07) is 19.5. The first-order chi connectivity index (χ1) is 18.0. The van der Waals surface area contributed by atoms with Crippen molar-refractivity contribution in [1.82, 2.24) is 20.2 Å². The van der Waals surface area contributed by atoms with Crippen LogP contribution in [0.2, 0.25) is 0 Å². The van der Waals surface area contributed by atoms with Gasteiger partial charge in [0.2, 0.25) is 11.8 Å². The summed E-state index contributed by atoms with van der Waals surface area (Å²) in [6.07, 6.45) is 1.95. The Hall–Kier alpha value is -3.98. The molecule has 2 aromatic carbocycles. The van der Waals surface area contributed by atoms with E-state index in [1.54, 1.807) is 13.2 Å². The van der Waals surface area contributed by atoms with Gasteiger partial charge < -0.3 is 20.7 Å². The molecule has 1 saturated heterocycles. The topological polar surface area (TPSA) is 108 Å². The lowest BCUT2D eigenvalue weighted by Gasteiger charge is -2.32. The zero-order valence-electron chi connectivity index (χ0n) is 21.4. The SMILES string of the molecule is COc1ccccc1C1CCN(CC(=O)Nc2cc(NCCNC(C)=O)nc(-c3ccccc3)n2)CC1. The molecular formula is C28H34N6O3. The van der Waals surface area contributed by atoms with E-state index in [0.717, 1.165) is 37.2 Å². The number of amides is 2. The van der Waals surface area contributed by atoms with Gasteiger partial charge in [-0.2, -0.15) is 0 Å². The second-order valence-electron chi connectivity index (χ2n) is 9.08. The van der Waals surface area contributed by atoms with Crippen molar-refractivity contribution in [2.75, 3.05) is 50.5 Å². The molecule has 1 aliphatic rings. The van der Waals surface area contributed by atoms with E-state index >= 15 is 0 Å². The molecule has 0 aliphatic carbocycles. The van der Waals surface area contributed by atoms with Crippen LogP contribution in [0.25, 0.3) is 11.4 Å². The molecule has 37 heavy (non-hydrogen) atoms. The summed E-state index contributed by atoms with van der Waals surface area (Å²) in [5.74, 6) is 2.68. The van der Waals surface area contributed by atoms with Crippen molar-refractivity contribution in [3.63, 3.8) is 0 Å². The monoisotopic (exact) mass is 502 g/mol. The molecule has 194 valence electrons. The highest BCUT2D eigenvalue weighted by Gasteiger charge is 2.24. The molecule has 1 aromatic heterocycles. The van der Waals surface area contributed by atoms with Crippen molar-refractivity contribution < 1.29 is 14.3 Å². The van der Waals surface area contributed by atoms with E-state index in [0.29, 0.717) is 43.0 Å². The number of para-hydroxylation sites is 1. The minimum absolute atomic E-state index is 0.0886. The van der Waals surface area contributed by atoms with Gasteiger partial charge in [-0.25, -0.2) is 9.97 Å². The van der Waals surface area contributed by atoms with Gasteiger partial charge in [0.25, 0.3) is 0 Å². The van der Waals surface area contributed by atoms with Gasteiger partial charge in [0.1, 0.15) is 17.4 Å². The van der Waals surface area contributed by atoms with Crippen LogP contribution >= 0.6 is 0 Å². The van der Waals surface area contributed by atoms with Crippen LogP contribution in [0.15, 0.2) is 60.7 Å². The molecule has 0 bridgehead atoms. The van der Waals surface area contributed by atoms with E-state index in [1.165, 1.54) is 12.5 Å². The summed E-state index contributed by atoms with van der Waals surface area (Å²) in [5, 5.41) is 8.89. The third-order valence-electron chi connectivity index (χ3n) is 6.36. The Morgan fingerprint density at radius 2 is 1.68 bits per heavy atom. The van der Waals surface area contributed by atoms with Crippen molar-refractivity contribution in [1.29, 1.82) is 0 Å². The molecule has 2 heterocycles. The fraction of sp³-hybridized carbons (Fsp3) is 0.357. The number of ether oxygens (including phenoxy) is 1. The van der Waals surface area contributed by atoms with E-state index in [2.05, 4.69) is 36.9 Å². The minimum atomic E-state index is -0.113. The fourth-order valence-corrected chi connectivity index (χ4v) is 4.54. The molecule has 0 atom stereocenters. The summed E-state index contributed by atoms with van der Waals surface area (Å²) in [5.41, 5.74) is 2.09. The summed E-state index contributed by atoms with van der Waals surface area (Å²) in [6.45, 7) is 4.42. The number of benzene rings is 2. The first-order valence-corrected chi connectivity index (χ1v) is 12.6. The first kappa shape index (κ1) is 26.1. The average Bonchev–Trinajstić information content (AvgIpc) is 2.92. The van der Waals surface area contributed by atoms with Crippen molar-refractivity contribution >= 4 is 23.5 Å². The lowest BCUT2D eigenvalue weighted by atomic mass is 9.89. The third kappa shape index (κ3) is 7.50. The Morgan fingerprint density at radius 1 is 0.973 bits per heavy atom. The zero-order valence-corrected chi connectivity index (χ0v) is 21.4. The number of likely N-dealkylation sites (tertiary alicyclic amines) is 1. The van der Waals surface area contributed by atoms with Gasteiger partial charge in [-0.3, -0.25) is 14.5 Å². The van der Waals surface area contributed by atoms with Crippen LogP contribution in [0.3, 0.4) is 0 Å². The second kappa shape index (κ2) is 12.8. The number of methoxy groups -OCH3 is 1. The number of hydrogen-bond acceptors (Lipinski definition) is 7. The van der Waals surface area contributed by atoms with Crippen molar-refractivity contribution in [2.24, 2.45) is 0 Å². The van der Waals surface area contributed by atoms with E-state index in [1.807, 2.05) is 48.5 Å². The van der Waals surface area contributed by atoms with E-state index in [4.69, 9.17) is 4.74 Å². The molecule has 4 rings (SSSR count). The molecule has 0 radical (unpaired) electrons. The Bertz CT molecular complexity index is 1200. The Labute approximate surface area is 217 Å². The molecule has 1 aliphatic heterocycles. The van der Waals surface area contributed by atoms with Gasteiger partial charge in [-0.05, 0) is 43.5 Å². The lowest BCUT2D eigenvalue weighted by molar-refractivity contribution is -0.119. The van der Waals surface area contributed by atoms with Crippen molar-refractivity contribution in [3.05, 3.63) is 66.2 Å². The van der Waals surface area contributed by atoms with Gasteiger partial charge >= 0.3 is 0 Å². The number of carbonyl (C=O) groups excluding carboxylic acids is 2. The second-order valence-corrected chi connectivity index (χ2v) is 9.08. The van der Waals surface area contributed by atoms with Gasteiger partial charge in [-0.1, -0.05) is 48.5 Å². The largest absolute Gasteiger partial charge is 0.496 e. The number of piperidine rings is 1. The summed E-state index contributed by atoms with van der Waals surface area (Å²) in [7, 11) is 1.71. The molecular weight excluding hydrogens is 468 g/mol. The average molecular weight is 503 g/mol. The van der Waals surface area contributed by atoms with Crippen LogP contribution in [0.4, 0.5) is 11.6 Å². The lowest BCUT2D eigenvalue weighted by Crippen LogP contribution is -2.38. The Balaban J connectivity index is 1.37. The molecule has 0 spiro atoms. The molecule has 2 amide bonds. The number of anilines is 2. The molecule has 3 N–H and O–H groups in total. The van der Waals surface area contributed by atoms with Crippen LogP contribution < -0.4 is 20.7 Å². The molecule has 1 fully saturated rings. The summed E-state index contributed by atoms with van der Waals surface area (Å²) >= 11 is 0. The van der Waals surface area contributed by atoms with Crippen LogP contribution in [0.5, 0.6) is 5.75 Å². The van der Waals surface area contributed by atoms with Crippen LogP contribution in [-0.4, -0.2) is 66.5 Å². The van der Waals surface area contributed by atoms with Gasteiger partial charge in [0.15, 0.2) is 5.82 Å². The third-order valence-corrected chi connectivity index (χ3v) is 6.36. The molecule has 0 unspecified atom stereocenters. The molecule has 9 nitrogen and oxygen atoms in total. The van der Waals surface area contributed by atoms with E-state index < -0.39 is 0 Å². The van der Waals surface area contributed by atoms with Gasteiger partial charge in [0.05, 0.1) is 13.7 Å². The Kier molecular flexibility index (Phi) is 9.04. The highest BCUT2D eigenvalue weighted by molar-refractivity contribution is 5.92. The molecule has 0 saturated carbocycles. The number of nitrogens with one attached hydrogen (secondary N) is 3. The first-order valence-electron chi connectivity index (χ1n) is 12.6. The predicted molar refractivity (Wildman–Crippen MR) is 145 cm³/mol. The quantitative estimate of drug-likeness (QED) is 0.364. The van der Waals surface area contributed by atoms with Crippen molar-refractivity contribution in [3.8, 4) is 17.1 Å². The number of carbonyl (C=O) groups is 2. The number of nitrogens with zero attached hydrogens (tertiary/aromatic N) is 3. The molecule has 3 aromatic rings. The maximum Gasteiger partial charge on any atom is 0.239 e. The summed E-state index contributed by atoms with van der Waals surface area (Å²) < 4.78 is 5.54. The number of aromatic nitrogens is 2. The zero-order chi connectivity index (χ0) is 26.0. The fourth-order valence-electron chi connectivity index (χ4n) is 4.54. The van der Waals surface area contributed by atoms with Gasteiger partial charge in [0, 0.05) is 31.6 Å². The smallest absolute Gasteiger partial charge is 0.239 e. The normalized spacial score (nSPS) is 14.1. The van der Waals surface area contributed by atoms with E-state index in [9.17, 15) is 9.59 Å². The molecule has 9 heteroatoms. The number of hydrogen-bond donors (Lipinski definition) is 3. The predicted octanol–water partition coefficient (Wildman–Crippen LogP) is 3.52. The standard InChI is InChI=1S/C28H34N6O3/c1-20(35)29-14-15-30-25-18-26(33-28(32-25)22-8-4-3-5-9-22)31-27(36)19-34-16-12-21(13-17-34)23-10-6-7-11-24(23)37-2/h3-11,18,21H,12-17,19H2,1-2H3,(H,29,35)(H2,30,31,32,33,36). The van der Waals surface area contributed by atoms with Crippen LogP contribution in [0, 0.1) is 0 Å². The minimum Gasteiger partial charge on any atom is -0.496 e. The highest BCUT2D eigenvalue weighted by atomic mass is 16.5. The van der Waals surface area contributed by atoms with E-state index in [-0.39, 0.29) is 11.8 Å². The Morgan fingerprint density at radius 3 is 2.41 bits per heavy atom. The summed E-state index contributed by atoms with van der Waals surface area (Å²) in [4.78, 5) is 35.4.